The van der Waals surface area contributed by atoms with Crippen molar-refractivity contribution in [3.8, 4) is 22.5 Å². The van der Waals surface area contributed by atoms with E-state index in [2.05, 4.69) is 51.4 Å². The molecule has 0 bridgehead atoms. The summed E-state index contributed by atoms with van der Waals surface area (Å²) in [6, 6.07) is 14.1. The highest BCUT2D eigenvalue weighted by Crippen LogP contribution is 2.33. The second-order valence-electron chi connectivity index (χ2n) is 6.29. The van der Waals surface area contributed by atoms with Gasteiger partial charge in [0.2, 0.25) is 5.95 Å². The molecule has 0 atom stereocenters. The molecule has 0 amide bonds. The maximum Gasteiger partial charge on any atom is 0.240 e. The molecule has 0 fully saturated rings. The Kier molecular flexibility index (Phi) is 3.65. The molecule has 0 aliphatic carbocycles. The zero-order chi connectivity index (χ0) is 17.4. The van der Waals surface area contributed by atoms with Gasteiger partial charge in [0.15, 0.2) is 0 Å². The summed E-state index contributed by atoms with van der Waals surface area (Å²) in [4.78, 5) is 4.44. The van der Waals surface area contributed by atoms with Crippen molar-refractivity contribution in [2.75, 3.05) is 5.73 Å². The summed E-state index contributed by atoms with van der Waals surface area (Å²) in [6.45, 7) is 4.31. The molecule has 0 aliphatic rings. The van der Waals surface area contributed by atoms with E-state index in [1.165, 1.54) is 5.56 Å². The summed E-state index contributed by atoms with van der Waals surface area (Å²) in [6.07, 6.45) is 1.82. The number of nitrogens with one attached hydrogen (secondary N) is 1. The van der Waals surface area contributed by atoms with Gasteiger partial charge in [-0.15, -0.1) is 10.2 Å². The molecule has 0 saturated heterocycles. The van der Waals surface area contributed by atoms with Crippen LogP contribution in [0.4, 0.5) is 5.95 Å². The number of nitrogens with two attached hydrogens (primary N) is 1. The van der Waals surface area contributed by atoms with E-state index in [0.717, 1.165) is 27.7 Å². The van der Waals surface area contributed by atoms with E-state index < -0.39 is 0 Å². The molecule has 4 aromatic rings. The third-order valence-corrected chi connectivity index (χ3v) is 4.23. The number of aromatic amines is 1. The van der Waals surface area contributed by atoms with Gasteiger partial charge in [-0.05, 0) is 23.6 Å². The number of benzene rings is 2. The number of H-pyrrole nitrogens is 1. The minimum Gasteiger partial charge on any atom is -0.366 e. The van der Waals surface area contributed by atoms with Crippen LogP contribution in [0, 0.1) is 0 Å². The van der Waals surface area contributed by atoms with Gasteiger partial charge < -0.3 is 5.73 Å². The van der Waals surface area contributed by atoms with Crippen molar-refractivity contribution in [1.82, 2.24) is 25.4 Å². The van der Waals surface area contributed by atoms with E-state index in [4.69, 9.17) is 5.73 Å². The highest BCUT2D eigenvalue weighted by atomic mass is 15.2. The molecule has 124 valence electrons. The minimum atomic E-state index is 0.163. The van der Waals surface area contributed by atoms with Crippen LogP contribution in [-0.2, 0) is 0 Å². The normalized spacial score (nSPS) is 11.3. The van der Waals surface area contributed by atoms with E-state index in [1.54, 1.807) is 0 Å². The number of hydrogen-bond acceptors (Lipinski definition) is 5. The van der Waals surface area contributed by atoms with Crippen molar-refractivity contribution in [2.45, 2.75) is 19.8 Å². The highest BCUT2D eigenvalue weighted by Gasteiger charge is 2.16. The highest BCUT2D eigenvalue weighted by molar-refractivity contribution is 5.89. The Morgan fingerprint density at radius 3 is 2.52 bits per heavy atom. The second kappa shape index (κ2) is 5.98. The number of aromatic nitrogens is 5. The molecule has 4 rings (SSSR count). The Bertz CT molecular complexity index is 1040. The molecule has 0 unspecified atom stereocenters. The van der Waals surface area contributed by atoms with Gasteiger partial charge >= 0.3 is 0 Å². The fraction of sp³-hybridized carbons (Fsp3) is 0.158. The van der Waals surface area contributed by atoms with Gasteiger partial charge in [0, 0.05) is 16.5 Å². The SMILES string of the molecule is CC(C)c1cc(-c2nnc(N)nc2-c2ccccc2)cc2cn[nH]c12. The third kappa shape index (κ3) is 2.71. The maximum atomic E-state index is 5.80. The fourth-order valence-electron chi connectivity index (χ4n) is 3.01. The molecule has 2 aromatic carbocycles. The lowest BCUT2D eigenvalue weighted by Gasteiger charge is -2.12. The number of rotatable bonds is 3. The van der Waals surface area contributed by atoms with Crippen LogP contribution >= 0.6 is 0 Å². The Morgan fingerprint density at radius 1 is 0.960 bits per heavy atom. The van der Waals surface area contributed by atoms with Crippen LogP contribution in [0.2, 0.25) is 0 Å². The van der Waals surface area contributed by atoms with Gasteiger partial charge in [-0.2, -0.15) is 5.10 Å². The van der Waals surface area contributed by atoms with Crippen LogP contribution in [0.15, 0.2) is 48.7 Å². The van der Waals surface area contributed by atoms with E-state index in [-0.39, 0.29) is 5.95 Å². The summed E-state index contributed by atoms with van der Waals surface area (Å²) in [7, 11) is 0. The Morgan fingerprint density at radius 2 is 1.76 bits per heavy atom. The van der Waals surface area contributed by atoms with Gasteiger partial charge in [-0.3, -0.25) is 5.10 Å². The summed E-state index contributed by atoms with van der Waals surface area (Å²) >= 11 is 0. The van der Waals surface area contributed by atoms with Gasteiger partial charge in [-0.1, -0.05) is 44.2 Å². The quantitative estimate of drug-likeness (QED) is 0.596. The standard InChI is InChI=1S/C19H18N6/c1-11(2)15-9-13(8-14-10-21-23-16(14)15)18-17(22-19(20)25-24-18)12-6-4-3-5-7-12/h3-11H,1-2H3,(H,21,23)(H2,20,22,25). The number of anilines is 1. The zero-order valence-electron chi connectivity index (χ0n) is 14.1. The first-order valence-corrected chi connectivity index (χ1v) is 8.16. The lowest BCUT2D eigenvalue weighted by atomic mass is 9.95. The van der Waals surface area contributed by atoms with Crippen LogP contribution in [0.3, 0.4) is 0 Å². The Hall–Kier alpha value is -3.28. The molecule has 0 saturated carbocycles. The first kappa shape index (κ1) is 15.3. The lowest BCUT2D eigenvalue weighted by molar-refractivity contribution is 0.871. The molecule has 3 N–H and O–H groups in total. The van der Waals surface area contributed by atoms with Crippen LogP contribution in [-0.4, -0.2) is 25.4 Å². The molecule has 2 heterocycles. The van der Waals surface area contributed by atoms with Gasteiger partial charge in [-0.25, -0.2) is 4.98 Å². The number of nitrogens with zero attached hydrogens (tertiary/aromatic N) is 4. The van der Waals surface area contributed by atoms with Crippen LogP contribution < -0.4 is 5.73 Å². The number of nitrogen functional groups attached to an aromatic ring is 1. The Labute approximate surface area is 145 Å². The van der Waals surface area contributed by atoms with E-state index in [0.29, 0.717) is 11.6 Å². The van der Waals surface area contributed by atoms with Gasteiger partial charge in [0.1, 0.15) is 11.4 Å². The fourth-order valence-corrected chi connectivity index (χ4v) is 3.01. The molecule has 0 aliphatic heterocycles. The number of fused-ring (bicyclic) bond motifs is 1. The van der Waals surface area contributed by atoms with Crippen LogP contribution in [0.5, 0.6) is 0 Å². The lowest BCUT2D eigenvalue weighted by Crippen LogP contribution is -2.03. The predicted molar refractivity (Wildman–Crippen MR) is 98.9 cm³/mol. The molecule has 6 heteroatoms. The maximum absolute atomic E-state index is 5.80. The van der Waals surface area contributed by atoms with Gasteiger partial charge in [0.05, 0.1) is 11.7 Å². The molecular weight excluding hydrogens is 312 g/mol. The molecule has 0 radical (unpaired) electrons. The van der Waals surface area contributed by atoms with Crippen LogP contribution in [0.25, 0.3) is 33.4 Å². The molecule has 2 aromatic heterocycles. The Balaban J connectivity index is 1.98. The largest absolute Gasteiger partial charge is 0.366 e. The molecule has 0 spiro atoms. The average molecular weight is 330 g/mol. The van der Waals surface area contributed by atoms with Crippen molar-refractivity contribution >= 4 is 16.9 Å². The molecule has 6 nitrogen and oxygen atoms in total. The van der Waals surface area contributed by atoms with Gasteiger partial charge in [0.25, 0.3) is 0 Å². The monoisotopic (exact) mass is 330 g/mol. The molecular formula is C19H18N6. The summed E-state index contributed by atoms with van der Waals surface area (Å²) in [5, 5.41) is 16.6. The zero-order valence-corrected chi connectivity index (χ0v) is 14.1. The average Bonchev–Trinajstić information content (AvgIpc) is 3.10. The topological polar surface area (TPSA) is 93.4 Å². The van der Waals surface area contributed by atoms with E-state index >= 15 is 0 Å². The van der Waals surface area contributed by atoms with Crippen molar-refractivity contribution in [1.29, 1.82) is 0 Å². The minimum absolute atomic E-state index is 0.163. The summed E-state index contributed by atoms with van der Waals surface area (Å²) in [5.74, 6) is 0.508. The van der Waals surface area contributed by atoms with Crippen molar-refractivity contribution in [3.05, 3.63) is 54.2 Å². The first-order valence-electron chi connectivity index (χ1n) is 8.16. The molecule has 25 heavy (non-hydrogen) atoms. The first-order chi connectivity index (χ1) is 12.1. The second-order valence-corrected chi connectivity index (χ2v) is 6.29. The smallest absolute Gasteiger partial charge is 0.240 e. The summed E-state index contributed by atoms with van der Waals surface area (Å²) in [5.41, 5.74) is 11.4. The van der Waals surface area contributed by atoms with Crippen molar-refractivity contribution in [3.63, 3.8) is 0 Å². The van der Waals surface area contributed by atoms with E-state index in [9.17, 15) is 0 Å². The summed E-state index contributed by atoms with van der Waals surface area (Å²) < 4.78 is 0. The van der Waals surface area contributed by atoms with E-state index in [1.807, 2.05) is 36.5 Å². The van der Waals surface area contributed by atoms with Crippen molar-refractivity contribution < 1.29 is 0 Å². The van der Waals surface area contributed by atoms with Crippen LogP contribution in [0.1, 0.15) is 25.3 Å². The third-order valence-electron chi connectivity index (χ3n) is 4.23. The number of hydrogen-bond donors (Lipinski definition) is 2. The van der Waals surface area contributed by atoms with Crippen molar-refractivity contribution in [2.24, 2.45) is 0 Å². The predicted octanol–water partition coefficient (Wildman–Crippen LogP) is 3.79.